The van der Waals surface area contributed by atoms with Gasteiger partial charge in [-0.15, -0.1) is 0 Å². The number of methoxy groups -OCH3 is 1. The van der Waals surface area contributed by atoms with Crippen molar-refractivity contribution in [2.24, 2.45) is 5.92 Å². The number of likely N-dealkylation sites (N-methyl/N-ethyl adjacent to an activating group) is 1. The summed E-state index contributed by atoms with van der Waals surface area (Å²) in [5.41, 5.74) is 0. The molecule has 0 bridgehead atoms. The minimum atomic E-state index is 0.244. The minimum absolute atomic E-state index is 0.244. The lowest BCUT2D eigenvalue weighted by Gasteiger charge is -2.24. The van der Waals surface area contributed by atoms with Gasteiger partial charge >= 0.3 is 0 Å². The first kappa shape index (κ1) is 15.1. The molecule has 0 aliphatic carbocycles. The molecular weight excluding hydrogens is 230 g/mol. The van der Waals surface area contributed by atoms with Crippen molar-refractivity contribution in [2.75, 3.05) is 20.3 Å². The van der Waals surface area contributed by atoms with E-state index in [0.717, 1.165) is 18.3 Å². The lowest BCUT2D eigenvalue weighted by molar-refractivity contribution is 0.199. The molecule has 2 atom stereocenters. The summed E-state index contributed by atoms with van der Waals surface area (Å²) in [5.74, 6) is 2.15. The van der Waals surface area contributed by atoms with E-state index in [1.54, 1.807) is 7.11 Å². The highest BCUT2D eigenvalue weighted by Gasteiger charge is 2.27. The predicted molar refractivity (Wildman–Crippen MR) is 70.6 cm³/mol. The van der Waals surface area contributed by atoms with E-state index in [1.807, 2.05) is 0 Å². The van der Waals surface area contributed by atoms with E-state index in [-0.39, 0.29) is 5.92 Å². The van der Waals surface area contributed by atoms with Crippen molar-refractivity contribution in [3.63, 3.8) is 0 Å². The van der Waals surface area contributed by atoms with Gasteiger partial charge in [0, 0.05) is 19.6 Å². The molecule has 0 spiro atoms. The van der Waals surface area contributed by atoms with Gasteiger partial charge in [-0.25, -0.2) is 0 Å². The van der Waals surface area contributed by atoms with Crippen LogP contribution in [-0.2, 0) is 11.2 Å². The number of aromatic nitrogens is 2. The Hall–Kier alpha value is -0.940. The zero-order valence-corrected chi connectivity index (χ0v) is 12.1. The van der Waals surface area contributed by atoms with E-state index < -0.39 is 0 Å². The minimum Gasteiger partial charge on any atom is -0.384 e. The van der Waals surface area contributed by atoms with Gasteiger partial charge < -0.3 is 14.6 Å². The van der Waals surface area contributed by atoms with E-state index in [1.165, 1.54) is 0 Å². The van der Waals surface area contributed by atoms with Gasteiger partial charge in [-0.3, -0.25) is 0 Å². The Balaban J connectivity index is 2.76. The van der Waals surface area contributed by atoms with Gasteiger partial charge in [0.1, 0.15) is 0 Å². The molecule has 0 aromatic carbocycles. The molecule has 2 unspecified atom stereocenters. The van der Waals surface area contributed by atoms with Crippen LogP contribution in [0, 0.1) is 5.92 Å². The van der Waals surface area contributed by atoms with Gasteiger partial charge in [0.15, 0.2) is 5.82 Å². The second kappa shape index (κ2) is 7.48. The fraction of sp³-hybridized carbons (Fsp3) is 0.846. The highest BCUT2D eigenvalue weighted by Crippen LogP contribution is 2.26. The molecule has 1 aromatic heterocycles. The Kier molecular flexibility index (Phi) is 6.29. The van der Waals surface area contributed by atoms with Crippen LogP contribution >= 0.6 is 0 Å². The van der Waals surface area contributed by atoms with Crippen LogP contribution in [0.3, 0.4) is 0 Å². The third-order valence-electron chi connectivity index (χ3n) is 3.08. The first-order valence-corrected chi connectivity index (χ1v) is 6.64. The summed E-state index contributed by atoms with van der Waals surface area (Å²) in [6.07, 6.45) is 0.695. The number of rotatable bonds is 8. The van der Waals surface area contributed by atoms with Crippen LogP contribution in [-0.4, -0.2) is 36.4 Å². The molecule has 5 nitrogen and oxygen atoms in total. The van der Waals surface area contributed by atoms with Gasteiger partial charge in [0.25, 0.3) is 0 Å². The molecule has 0 radical (unpaired) electrons. The van der Waals surface area contributed by atoms with Gasteiger partial charge in [-0.1, -0.05) is 25.9 Å². The first-order chi connectivity index (χ1) is 8.60. The highest BCUT2D eigenvalue weighted by molar-refractivity contribution is 5.00. The molecule has 0 saturated heterocycles. The van der Waals surface area contributed by atoms with E-state index in [2.05, 4.69) is 43.2 Å². The largest absolute Gasteiger partial charge is 0.384 e. The van der Waals surface area contributed by atoms with E-state index in [4.69, 9.17) is 9.26 Å². The number of hydrogen-bond donors (Lipinski definition) is 1. The van der Waals surface area contributed by atoms with Crippen molar-refractivity contribution in [3.8, 4) is 0 Å². The second-order valence-corrected chi connectivity index (χ2v) is 4.91. The molecular formula is C13H25N3O2. The average molecular weight is 255 g/mol. The maximum absolute atomic E-state index is 5.40. The third-order valence-corrected chi connectivity index (χ3v) is 3.08. The summed E-state index contributed by atoms with van der Waals surface area (Å²) in [7, 11) is 1.67. The highest BCUT2D eigenvalue weighted by atomic mass is 16.5. The van der Waals surface area contributed by atoms with E-state index >= 15 is 0 Å². The summed E-state index contributed by atoms with van der Waals surface area (Å²) in [4.78, 5) is 4.47. The van der Waals surface area contributed by atoms with Crippen LogP contribution in [0.25, 0.3) is 0 Å². The zero-order valence-electron chi connectivity index (χ0n) is 12.1. The number of nitrogens with one attached hydrogen (secondary N) is 1. The van der Waals surface area contributed by atoms with E-state index in [0.29, 0.717) is 25.0 Å². The smallest absolute Gasteiger partial charge is 0.231 e. The molecule has 1 heterocycles. The van der Waals surface area contributed by atoms with Crippen molar-refractivity contribution < 1.29 is 9.26 Å². The molecule has 0 aliphatic rings. The van der Waals surface area contributed by atoms with Gasteiger partial charge in [-0.05, 0) is 19.4 Å². The predicted octanol–water partition coefficient (Wildman–Crippen LogP) is 2.00. The molecule has 0 fully saturated rings. The van der Waals surface area contributed by atoms with Gasteiger partial charge in [-0.2, -0.15) is 4.98 Å². The number of ether oxygens (including phenoxy) is 1. The number of hydrogen-bond acceptors (Lipinski definition) is 5. The van der Waals surface area contributed by atoms with Crippen molar-refractivity contribution in [1.82, 2.24) is 15.5 Å². The van der Waals surface area contributed by atoms with E-state index in [9.17, 15) is 0 Å². The quantitative estimate of drug-likeness (QED) is 0.770. The lowest BCUT2D eigenvalue weighted by atomic mass is 9.89. The molecule has 104 valence electrons. The van der Waals surface area contributed by atoms with Crippen LogP contribution in [0.2, 0.25) is 0 Å². The SMILES string of the molecule is CCNC(C)C(c1nc(CCOC)no1)C(C)C. The summed E-state index contributed by atoms with van der Waals surface area (Å²) in [6, 6.07) is 0.325. The first-order valence-electron chi connectivity index (χ1n) is 6.64. The van der Waals surface area contributed by atoms with Crippen molar-refractivity contribution >= 4 is 0 Å². The fourth-order valence-electron chi connectivity index (χ4n) is 2.22. The zero-order chi connectivity index (χ0) is 13.5. The van der Waals surface area contributed by atoms with Crippen LogP contribution in [0.15, 0.2) is 4.52 Å². The second-order valence-electron chi connectivity index (χ2n) is 4.91. The van der Waals surface area contributed by atoms with Gasteiger partial charge in [0.05, 0.1) is 12.5 Å². The molecule has 18 heavy (non-hydrogen) atoms. The standard InChI is InChI=1S/C13H25N3O2/c1-6-14-10(4)12(9(2)3)13-15-11(16-18-13)7-8-17-5/h9-10,12,14H,6-8H2,1-5H3. The average Bonchev–Trinajstić information content (AvgIpc) is 2.75. The van der Waals surface area contributed by atoms with Crippen LogP contribution in [0.5, 0.6) is 0 Å². The monoisotopic (exact) mass is 255 g/mol. The maximum Gasteiger partial charge on any atom is 0.231 e. The van der Waals surface area contributed by atoms with Crippen LogP contribution in [0.1, 0.15) is 45.3 Å². The molecule has 1 aromatic rings. The normalized spacial score (nSPS) is 15.0. The Morgan fingerprint density at radius 3 is 2.61 bits per heavy atom. The summed E-state index contributed by atoms with van der Waals surface area (Å²) in [5, 5.41) is 7.43. The summed E-state index contributed by atoms with van der Waals surface area (Å²) < 4.78 is 10.4. The van der Waals surface area contributed by atoms with Crippen molar-refractivity contribution in [1.29, 1.82) is 0 Å². The Morgan fingerprint density at radius 1 is 1.33 bits per heavy atom. The topological polar surface area (TPSA) is 60.2 Å². The molecule has 0 saturated carbocycles. The fourth-order valence-corrected chi connectivity index (χ4v) is 2.22. The van der Waals surface area contributed by atoms with Crippen LogP contribution in [0.4, 0.5) is 0 Å². The van der Waals surface area contributed by atoms with Crippen LogP contribution < -0.4 is 5.32 Å². The molecule has 0 amide bonds. The summed E-state index contributed by atoms with van der Waals surface area (Å²) >= 11 is 0. The summed E-state index contributed by atoms with van der Waals surface area (Å²) in [6.45, 7) is 10.2. The number of nitrogens with zero attached hydrogens (tertiary/aromatic N) is 2. The third kappa shape index (κ3) is 4.07. The molecule has 1 N–H and O–H groups in total. The van der Waals surface area contributed by atoms with Crippen molar-refractivity contribution in [3.05, 3.63) is 11.7 Å². The lowest BCUT2D eigenvalue weighted by Crippen LogP contribution is -2.34. The van der Waals surface area contributed by atoms with Gasteiger partial charge in [0.2, 0.25) is 5.89 Å². The van der Waals surface area contributed by atoms with Crippen molar-refractivity contribution in [2.45, 2.75) is 46.1 Å². The Labute approximate surface area is 109 Å². The molecule has 0 aliphatic heterocycles. The Bertz CT molecular complexity index is 339. The Morgan fingerprint density at radius 2 is 2.06 bits per heavy atom. The molecule has 5 heteroatoms. The maximum atomic E-state index is 5.40. The molecule has 1 rings (SSSR count).